The van der Waals surface area contributed by atoms with Crippen LogP contribution in [0.3, 0.4) is 0 Å². The van der Waals surface area contributed by atoms with Crippen molar-refractivity contribution in [2.75, 3.05) is 26.7 Å². The summed E-state index contributed by atoms with van der Waals surface area (Å²) in [6, 6.07) is 14.9. The highest BCUT2D eigenvalue weighted by atomic mass is 16.4. The highest BCUT2D eigenvalue weighted by Crippen LogP contribution is 2.07. The predicted octanol–water partition coefficient (Wildman–Crippen LogP) is 7.07. The van der Waals surface area contributed by atoms with Gasteiger partial charge in [-0.3, -0.25) is 19.2 Å². The van der Waals surface area contributed by atoms with Crippen molar-refractivity contribution in [2.45, 2.75) is 145 Å². The molecule has 2 unspecified atom stereocenters. The SMILES string of the molecule is CC.CC.CC.CCCC(NC(=O)c1ccc(CNC)cc1)C(=O)NCC(=O)NC(CCCCNC(=O)NCCCCCC(=O)CC)C(=O)O.Cc1ccccc1. The van der Waals surface area contributed by atoms with Gasteiger partial charge in [0.1, 0.15) is 17.9 Å². The average molecular weight is 801 g/mol. The van der Waals surface area contributed by atoms with Crippen molar-refractivity contribution in [3.63, 3.8) is 0 Å². The molecule has 0 radical (unpaired) electrons. The van der Waals surface area contributed by atoms with E-state index in [4.69, 9.17) is 0 Å². The third-order valence-corrected chi connectivity index (χ3v) is 7.81. The van der Waals surface area contributed by atoms with E-state index in [1.54, 1.807) is 12.1 Å². The molecule has 7 N–H and O–H groups in total. The Morgan fingerprint density at radius 2 is 1.25 bits per heavy atom. The number of hydrogen-bond donors (Lipinski definition) is 7. The summed E-state index contributed by atoms with van der Waals surface area (Å²) in [5.74, 6) is -2.57. The molecular weight excluding hydrogens is 725 g/mol. The van der Waals surface area contributed by atoms with E-state index in [2.05, 4.69) is 51.0 Å². The fourth-order valence-electron chi connectivity index (χ4n) is 4.85. The molecule has 0 aromatic heterocycles. The Hall–Kier alpha value is -4.78. The number of aryl methyl sites for hydroxylation is 1. The van der Waals surface area contributed by atoms with Gasteiger partial charge in [0.15, 0.2) is 0 Å². The Labute approximate surface area is 343 Å². The van der Waals surface area contributed by atoms with Gasteiger partial charge in [0, 0.05) is 38.0 Å². The largest absolute Gasteiger partial charge is 0.480 e. The first kappa shape index (κ1) is 56.6. The van der Waals surface area contributed by atoms with Gasteiger partial charge in [-0.1, -0.05) is 116 Å². The minimum Gasteiger partial charge on any atom is -0.480 e. The summed E-state index contributed by atoms with van der Waals surface area (Å²) < 4.78 is 0. The molecule has 0 heterocycles. The molecule has 0 aliphatic heterocycles. The van der Waals surface area contributed by atoms with Crippen molar-refractivity contribution in [3.05, 3.63) is 71.3 Å². The Bertz CT molecular complexity index is 1340. The van der Waals surface area contributed by atoms with Crippen molar-refractivity contribution in [3.8, 4) is 0 Å². The number of carbonyl (C=O) groups excluding carboxylic acids is 5. The summed E-state index contributed by atoms with van der Waals surface area (Å²) >= 11 is 0. The Morgan fingerprint density at radius 1 is 0.667 bits per heavy atom. The molecule has 57 heavy (non-hydrogen) atoms. The lowest BCUT2D eigenvalue weighted by atomic mass is 10.1. The number of hydrogen-bond acceptors (Lipinski definition) is 7. The van der Waals surface area contributed by atoms with Crippen LogP contribution in [0.1, 0.15) is 141 Å². The molecule has 0 saturated carbocycles. The van der Waals surface area contributed by atoms with E-state index in [1.807, 2.05) is 92.8 Å². The van der Waals surface area contributed by atoms with Crippen molar-refractivity contribution in [1.82, 2.24) is 31.9 Å². The number of aliphatic carboxylic acids is 1. The number of carboxylic acids is 1. The number of ketones is 1. The zero-order valence-electron chi connectivity index (χ0n) is 36.6. The third kappa shape index (κ3) is 31.0. The monoisotopic (exact) mass is 801 g/mol. The fourth-order valence-corrected chi connectivity index (χ4v) is 4.85. The molecular formula is C44H76N6O7. The maximum atomic E-state index is 12.7. The van der Waals surface area contributed by atoms with Crippen molar-refractivity contribution < 1.29 is 33.9 Å². The van der Waals surface area contributed by atoms with Crippen LogP contribution in [0.25, 0.3) is 0 Å². The lowest BCUT2D eigenvalue weighted by Gasteiger charge is -2.19. The smallest absolute Gasteiger partial charge is 0.326 e. The fraction of sp³-hybridized carbons (Fsp3) is 0.591. The van der Waals surface area contributed by atoms with Gasteiger partial charge in [0.25, 0.3) is 5.91 Å². The summed E-state index contributed by atoms with van der Waals surface area (Å²) in [7, 11) is 1.82. The molecule has 13 heteroatoms. The van der Waals surface area contributed by atoms with Crippen LogP contribution in [0.5, 0.6) is 0 Å². The lowest BCUT2D eigenvalue weighted by Crippen LogP contribution is -2.50. The number of benzene rings is 2. The van der Waals surface area contributed by atoms with E-state index in [-0.39, 0.29) is 18.2 Å². The molecule has 2 rings (SSSR count). The van der Waals surface area contributed by atoms with Gasteiger partial charge in [-0.25, -0.2) is 9.59 Å². The summed E-state index contributed by atoms with van der Waals surface area (Å²) in [6.07, 6.45) is 5.66. The first-order chi connectivity index (χ1) is 27.5. The van der Waals surface area contributed by atoms with Crippen LogP contribution in [-0.2, 0) is 25.7 Å². The Morgan fingerprint density at radius 3 is 1.74 bits per heavy atom. The number of urea groups is 1. The van der Waals surface area contributed by atoms with Crippen molar-refractivity contribution in [1.29, 1.82) is 0 Å². The van der Waals surface area contributed by atoms with Gasteiger partial charge < -0.3 is 37.0 Å². The summed E-state index contributed by atoms with van der Waals surface area (Å²) in [5.41, 5.74) is 2.74. The van der Waals surface area contributed by atoms with Gasteiger partial charge in [-0.05, 0) is 70.2 Å². The topological polar surface area (TPSA) is 195 Å². The summed E-state index contributed by atoms with van der Waals surface area (Å²) in [6.45, 7) is 18.9. The number of Topliss-reactive ketones (excluding diaryl/α,β-unsaturated/α-hetero) is 1. The van der Waals surface area contributed by atoms with Crippen molar-refractivity contribution >= 4 is 35.5 Å². The molecule has 0 bridgehead atoms. The molecule has 0 saturated heterocycles. The lowest BCUT2D eigenvalue weighted by molar-refractivity contribution is -0.142. The molecule has 2 aromatic carbocycles. The second-order valence-corrected chi connectivity index (χ2v) is 12.3. The first-order valence-electron chi connectivity index (χ1n) is 20.9. The van der Waals surface area contributed by atoms with Crippen LogP contribution < -0.4 is 31.9 Å². The van der Waals surface area contributed by atoms with Gasteiger partial charge in [0.2, 0.25) is 11.8 Å². The van der Waals surface area contributed by atoms with Crippen LogP contribution in [0.2, 0.25) is 0 Å². The predicted molar refractivity (Wildman–Crippen MR) is 232 cm³/mol. The van der Waals surface area contributed by atoms with Crippen LogP contribution in [0, 0.1) is 6.92 Å². The van der Waals surface area contributed by atoms with E-state index in [0.29, 0.717) is 63.7 Å². The van der Waals surface area contributed by atoms with Crippen LogP contribution >= 0.6 is 0 Å². The summed E-state index contributed by atoms with van der Waals surface area (Å²) in [4.78, 5) is 72.6. The molecule has 0 fully saturated rings. The van der Waals surface area contributed by atoms with Crippen molar-refractivity contribution in [2.24, 2.45) is 0 Å². The molecule has 0 aliphatic rings. The van der Waals surface area contributed by atoms with E-state index < -0.39 is 42.3 Å². The van der Waals surface area contributed by atoms with Gasteiger partial charge >= 0.3 is 12.0 Å². The second kappa shape index (κ2) is 39.5. The third-order valence-electron chi connectivity index (χ3n) is 7.81. The molecule has 13 nitrogen and oxygen atoms in total. The highest BCUT2D eigenvalue weighted by Gasteiger charge is 2.23. The maximum Gasteiger partial charge on any atom is 0.326 e. The number of nitrogens with one attached hydrogen (secondary N) is 6. The minimum absolute atomic E-state index is 0.149. The molecule has 2 atom stereocenters. The molecule has 2 aromatic rings. The highest BCUT2D eigenvalue weighted by molar-refractivity contribution is 5.98. The average Bonchev–Trinajstić information content (AvgIpc) is 3.23. The van der Waals surface area contributed by atoms with E-state index in [9.17, 15) is 33.9 Å². The van der Waals surface area contributed by atoms with Crippen LogP contribution in [0.15, 0.2) is 54.6 Å². The van der Waals surface area contributed by atoms with Gasteiger partial charge in [-0.2, -0.15) is 0 Å². The number of carbonyl (C=O) groups is 6. The number of amides is 5. The Balaban J connectivity index is -0.00000193. The van der Waals surface area contributed by atoms with E-state index in [0.717, 1.165) is 24.8 Å². The molecule has 5 amide bonds. The normalized spacial score (nSPS) is 10.6. The summed E-state index contributed by atoms with van der Waals surface area (Å²) in [5, 5.41) is 25.6. The van der Waals surface area contributed by atoms with Crippen LogP contribution in [0.4, 0.5) is 4.79 Å². The minimum atomic E-state index is -1.20. The van der Waals surface area contributed by atoms with Gasteiger partial charge in [0.05, 0.1) is 6.54 Å². The zero-order chi connectivity index (χ0) is 43.9. The molecule has 0 spiro atoms. The first-order valence-corrected chi connectivity index (χ1v) is 20.9. The van der Waals surface area contributed by atoms with E-state index >= 15 is 0 Å². The number of carboxylic acid groups (broad SMARTS) is 1. The quantitative estimate of drug-likeness (QED) is 0.0580. The molecule has 324 valence electrons. The Kier molecular flexibility index (Phi) is 39.1. The number of rotatable bonds is 23. The maximum absolute atomic E-state index is 12.7. The number of unbranched alkanes of at least 4 members (excludes halogenated alkanes) is 3. The second-order valence-electron chi connectivity index (χ2n) is 12.3. The standard InChI is InChI=1S/C31H50N6O7.C7H8.3C2H6/c1-4-11-25(37-28(40)23-16-14-22(15-17-23)20-32-3)29(41)35-21-27(39)36-26(30(42)43)13-8-10-19-34-31(44)33-18-9-6-7-12-24(38)5-2;1-7-5-3-2-4-6-7;3*1-2/h14-17,25-26,32H,4-13,18-21H2,1-3H3,(H,35,41)(H,36,39)(H,37,40)(H,42,43)(H2,33,34,44);2-6H,1H3;3*1-2H3. The van der Waals surface area contributed by atoms with Gasteiger partial charge in [-0.15, -0.1) is 0 Å². The zero-order valence-corrected chi connectivity index (χ0v) is 36.6. The van der Waals surface area contributed by atoms with Crippen LogP contribution in [-0.4, -0.2) is 79.4 Å². The molecule has 0 aliphatic carbocycles. The van der Waals surface area contributed by atoms with E-state index in [1.165, 1.54) is 5.56 Å².